The van der Waals surface area contributed by atoms with Gasteiger partial charge in [0.05, 0.1) is 5.69 Å². The maximum atomic E-state index is 12.9. The molecule has 1 heterocycles. The molecule has 0 aromatic heterocycles. The number of aryl methyl sites for hydroxylation is 1. The Bertz CT molecular complexity index is 703. The Morgan fingerprint density at radius 2 is 1.71 bits per heavy atom. The van der Waals surface area contributed by atoms with E-state index in [4.69, 9.17) is 11.6 Å². The van der Waals surface area contributed by atoms with Crippen molar-refractivity contribution in [1.29, 1.82) is 0 Å². The Kier molecular flexibility index (Phi) is 4.95. The van der Waals surface area contributed by atoms with Crippen LogP contribution in [0.1, 0.15) is 49.7 Å². The fraction of sp³-hybridized carbons (Fsp3) is 0.474. The first kappa shape index (κ1) is 17.0. The highest BCUT2D eigenvalue weighted by molar-refractivity contribution is 6.52. The van der Waals surface area contributed by atoms with Crippen molar-refractivity contribution < 1.29 is 9.59 Å². The van der Waals surface area contributed by atoms with Gasteiger partial charge in [-0.15, -0.1) is 0 Å². The van der Waals surface area contributed by atoms with Gasteiger partial charge in [-0.25, -0.2) is 4.90 Å². The van der Waals surface area contributed by atoms with Crippen LogP contribution >= 0.6 is 11.6 Å². The topological polar surface area (TPSA) is 49.4 Å². The number of hydrogen-bond acceptors (Lipinski definition) is 3. The molecule has 0 unspecified atom stereocenters. The van der Waals surface area contributed by atoms with E-state index in [2.05, 4.69) is 5.32 Å². The molecule has 4 nitrogen and oxygen atoms in total. The number of carbonyl (C=O) groups excluding carboxylic acids is 2. The molecule has 1 fully saturated rings. The number of halogens is 1. The molecule has 1 aromatic carbocycles. The van der Waals surface area contributed by atoms with Crippen molar-refractivity contribution >= 4 is 29.1 Å². The number of amides is 2. The minimum atomic E-state index is -0.438. The summed E-state index contributed by atoms with van der Waals surface area (Å²) >= 11 is 6.23. The van der Waals surface area contributed by atoms with E-state index in [1.165, 1.54) is 17.7 Å². The summed E-state index contributed by atoms with van der Waals surface area (Å²) in [6.45, 7) is 3.87. The average molecular weight is 347 g/mol. The number of nitrogens with zero attached hydrogens (tertiary/aromatic N) is 1. The van der Waals surface area contributed by atoms with E-state index in [0.29, 0.717) is 5.69 Å². The number of nitrogens with one attached hydrogen (secondary N) is 1. The van der Waals surface area contributed by atoms with Crippen LogP contribution in [0.15, 0.2) is 28.9 Å². The van der Waals surface area contributed by atoms with Gasteiger partial charge < -0.3 is 5.32 Å². The molecular formula is C19H23ClN2O2. The van der Waals surface area contributed by atoms with E-state index < -0.39 is 5.91 Å². The molecule has 0 saturated heterocycles. The van der Waals surface area contributed by atoms with Crippen LogP contribution in [-0.4, -0.2) is 17.9 Å². The first-order chi connectivity index (χ1) is 11.5. The van der Waals surface area contributed by atoms with Gasteiger partial charge in [-0.1, -0.05) is 49.4 Å². The number of anilines is 1. The van der Waals surface area contributed by atoms with Crippen LogP contribution in [0, 0.1) is 13.8 Å². The lowest BCUT2D eigenvalue weighted by Gasteiger charge is -2.20. The monoisotopic (exact) mass is 346 g/mol. The van der Waals surface area contributed by atoms with E-state index >= 15 is 0 Å². The summed E-state index contributed by atoms with van der Waals surface area (Å²) in [5.74, 6) is -0.783. The smallest absolute Gasteiger partial charge is 0.283 e. The van der Waals surface area contributed by atoms with Crippen molar-refractivity contribution in [3.63, 3.8) is 0 Å². The lowest BCUT2D eigenvalue weighted by molar-refractivity contribution is -0.120. The molecule has 5 heteroatoms. The van der Waals surface area contributed by atoms with Crippen LogP contribution in [-0.2, 0) is 9.59 Å². The molecule has 1 aliphatic carbocycles. The second-order valence-electron chi connectivity index (χ2n) is 6.69. The van der Waals surface area contributed by atoms with Crippen LogP contribution in [0.25, 0.3) is 0 Å². The standard InChI is InChI=1S/C19H23ClN2O2/c1-12-8-7-11-15(13(12)2)22-18(23)16(20)17(19(22)24)21-14-9-5-3-4-6-10-14/h7-8,11,14,21H,3-6,9-10H2,1-2H3. The minimum Gasteiger partial charge on any atom is -0.376 e. The zero-order valence-electron chi connectivity index (χ0n) is 14.2. The van der Waals surface area contributed by atoms with Crippen molar-refractivity contribution in [2.24, 2.45) is 0 Å². The summed E-state index contributed by atoms with van der Waals surface area (Å²) in [6, 6.07) is 5.81. The summed E-state index contributed by atoms with van der Waals surface area (Å²) in [5.41, 5.74) is 2.82. The molecule has 1 N–H and O–H groups in total. The second-order valence-corrected chi connectivity index (χ2v) is 7.06. The third-order valence-electron chi connectivity index (χ3n) is 5.05. The maximum absolute atomic E-state index is 12.9. The molecule has 128 valence electrons. The van der Waals surface area contributed by atoms with Gasteiger partial charge in [0.15, 0.2) is 0 Å². The molecule has 0 spiro atoms. The Balaban J connectivity index is 1.86. The lowest BCUT2D eigenvalue weighted by atomic mass is 10.1. The molecular weight excluding hydrogens is 324 g/mol. The van der Waals surface area contributed by atoms with Crippen molar-refractivity contribution in [3.8, 4) is 0 Å². The van der Waals surface area contributed by atoms with Crippen LogP contribution < -0.4 is 10.2 Å². The van der Waals surface area contributed by atoms with E-state index in [-0.39, 0.29) is 22.7 Å². The molecule has 0 atom stereocenters. The van der Waals surface area contributed by atoms with Crippen LogP contribution in [0.5, 0.6) is 0 Å². The predicted octanol–water partition coefficient (Wildman–Crippen LogP) is 3.94. The van der Waals surface area contributed by atoms with Gasteiger partial charge in [0.2, 0.25) is 0 Å². The third-order valence-corrected chi connectivity index (χ3v) is 5.40. The third kappa shape index (κ3) is 3.07. The normalized spacial score (nSPS) is 19.9. The summed E-state index contributed by atoms with van der Waals surface area (Å²) in [4.78, 5) is 26.6. The van der Waals surface area contributed by atoms with Crippen molar-refractivity contribution in [3.05, 3.63) is 40.1 Å². The number of benzene rings is 1. The zero-order valence-corrected chi connectivity index (χ0v) is 14.9. The number of imide groups is 1. The largest absolute Gasteiger partial charge is 0.376 e. The fourth-order valence-corrected chi connectivity index (χ4v) is 3.67. The molecule has 2 aliphatic rings. The van der Waals surface area contributed by atoms with Gasteiger partial charge in [-0.3, -0.25) is 9.59 Å². The molecule has 2 amide bonds. The maximum Gasteiger partial charge on any atom is 0.283 e. The molecule has 3 rings (SSSR count). The van der Waals surface area contributed by atoms with Crippen molar-refractivity contribution in [2.45, 2.75) is 58.4 Å². The molecule has 0 bridgehead atoms. The summed E-state index contributed by atoms with van der Waals surface area (Å²) in [7, 11) is 0. The van der Waals surface area contributed by atoms with Crippen molar-refractivity contribution in [2.75, 3.05) is 4.90 Å². The summed E-state index contributed by atoms with van der Waals surface area (Å²) in [6.07, 6.45) is 6.77. The highest BCUT2D eigenvalue weighted by Gasteiger charge is 2.40. The number of carbonyl (C=O) groups is 2. The first-order valence-electron chi connectivity index (χ1n) is 8.62. The van der Waals surface area contributed by atoms with Gasteiger partial charge in [0, 0.05) is 6.04 Å². The van der Waals surface area contributed by atoms with Crippen LogP contribution in [0.2, 0.25) is 0 Å². The SMILES string of the molecule is Cc1cccc(N2C(=O)C(Cl)=C(NC3CCCCCC3)C2=O)c1C. The van der Waals surface area contributed by atoms with Crippen molar-refractivity contribution in [1.82, 2.24) is 5.32 Å². The summed E-state index contributed by atoms with van der Waals surface area (Å²) < 4.78 is 0. The summed E-state index contributed by atoms with van der Waals surface area (Å²) in [5, 5.41) is 3.26. The van der Waals surface area contributed by atoms with Crippen LogP contribution in [0.4, 0.5) is 5.69 Å². The quantitative estimate of drug-likeness (QED) is 0.666. The lowest BCUT2D eigenvalue weighted by Crippen LogP contribution is -2.37. The van der Waals surface area contributed by atoms with E-state index in [1.54, 1.807) is 6.07 Å². The highest BCUT2D eigenvalue weighted by atomic mass is 35.5. The zero-order chi connectivity index (χ0) is 17.3. The van der Waals surface area contributed by atoms with E-state index in [1.807, 2.05) is 26.0 Å². The molecule has 1 aromatic rings. The second kappa shape index (κ2) is 6.98. The average Bonchev–Trinajstić information content (AvgIpc) is 2.77. The highest BCUT2D eigenvalue weighted by Crippen LogP contribution is 2.32. The van der Waals surface area contributed by atoms with Gasteiger partial charge in [-0.05, 0) is 43.9 Å². The molecule has 0 radical (unpaired) electrons. The number of hydrogen-bond donors (Lipinski definition) is 1. The first-order valence-corrected chi connectivity index (χ1v) is 9.00. The predicted molar refractivity (Wildman–Crippen MR) is 95.9 cm³/mol. The van der Waals surface area contributed by atoms with E-state index in [0.717, 1.165) is 36.8 Å². The van der Waals surface area contributed by atoms with E-state index in [9.17, 15) is 9.59 Å². The fourth-order valence-electron chi connectivity index (χ4n) is 3.45. The van der Waals surface area contributed by atoms with Gasteiger partial charge in [0.25, 0.3) is 11.8 Å². The minimum absolute atomic E-state index is 0.00477. The number of rotatable bonds is 3. The van der Waals surface area contributed by atoms with Crippen LogP contribution in [0.3, 0.4) is 0 Å². The van der Waals surface area contributed by atoms with Gasteiger partial charge in [-0.2, -0.15) is 0 Å². The van der Waals surface area contributed by atoms with Gasteiger partial charge >= 0.3 is 0 Å². The molecule has 1 aliphatic heterocycles. The Morgan fingerprint density at radius 3 is 2.38 bits per heavy atom. The molecule has 1 saturated carbocycles. The Morgan fingerprint density at radius 1 is 1.04 bits per heavy atom. The Labute approximate surface area is 147 Å². The molecule has 24 heavy (non-hydrogen) atoms. The Hall–Kier alpha value is -1.81. The van der Waals surface area contributed by atoms with Gasteiger partial charge in [0.1, 0.15) is 10.7 Å².